The summed E-state index contributed by atoms with van der Waals surface area (Å²) in [6, 6.07) is 3.52. The van der Waals surface area contributed by atoms with Gasteiger partial charge in [0.25, 0.3) is 5.78 Å². The van der Waals surface area contributed by atoms with Gasteiger partial charge in [0.15, 0.2) is 5.75 Å². The summed E-state index contributed by atoms with van der Waals surface area (Å²) in [5.74, 6) is -3.74. The zero-order valence-corrected chi connectivity index (χ0v) is 10.4. The molecule has 0 aliphatic rings. The van der Waals surface area contributed by atoms with Crippen LogP contribution in [0.3, 0.4) is 0 Å². The number of ketones is 1. The molecule has 0 heterocycles. The number of nitrogens with zero attached hydrogens (tertiary/aromatic N) is 1. The standard InChI is InChI=1S/C12H11NO7/c1-2-20-11-4-3-7(5-8(11)13(18)19)9(14)6-10(15)12(16)17/h3-6,14H,2H2,1H3,(H,16,17)/b9-6-. The molecule has 0 fully saturated rings. The molecule has 0 aliphatic heterocycles. The molecule has 20 heavy (non-hydrogen) atoms. The smallest absolute Gasteiger partial charge is 0.376 e. The van der Waals surface area contributed by atoms with Gasteiger partial charge in [-0.05, 0) is 19.1 Å². The number of benzene rings is 1. The molecule has 8 nitrogen and oxygen atoms in total. The van der Waals surface area contributed by atoms with E-state index >= 15 is 0 Å². The molecule has 0 bridgehead atoms. The van der Waals surface area contributed by atoms with E-state index in [1.165, 1.54) is 12.1 Å². The fourth-order valence-corrected chi connectivity index (χ4v) is 1.37. The Labute approximate surface area is 113 Å². The molecular formula is C12H11NO7. The number of rotatable bonds is 6. The number of nitro benzene ring substituents is 1. The van der Waals surface area contributed by atoms with E-state index in [9.17, 15) is 24.8 Å². The third kappa shape index (κ3) is 3.55. The zero-order chi connectivity index (χ0) is 15.3. The number of carboxylic acids is 1. The summed E-state index contributed by atoms with van der Waals surface area (Å²) in [6.07, 6.45) is 0.474. The number of ether oxygens (including phenoxy) is 1. The summed E-state index contributed by atoms with van der Waals surface area (Å²) in [6.45, 7) is 1.88. The zero-order valence-electron chi connectivity index (χ0n) is 10.4. The van der Waals surface area contributed by atoms with Crippen molar-refractivity contribution in [1.82, 2.24) is 0 Å². The molecule has 106 valence electrons. The van der Waals surface area contributed by atoms with Crippen LogP contribution in [0.2, 0.25) is 0 Å². The predicted octanol–water partition coefficient (Wildman–Crippen LogP) is 1.55. The van der Waals surface area contributed by atoms with Gasteiger partial charge in [-0.25, -0.2) is 4.79 Å². The molecule has 0 aromatic heterocycles. The Morgan fingerprint density at radius 2 is 2.05 bits per heavy atom. The Balaban J connectivity index is 3.21. The highest BCUT2D eigenvalue weighted by Gasteiger charge is 2.18. The first-order valence-electron chi connectivity index (χ1n) is 5.46. The molecule has 0 aliphatic carbocycles. The molecule has 1 aromatic rings. The molecule has 0 saturated heterocycles. The first-order chi connectivity index (χ1) is 9.36. The number of aliphatic carboxylic acids is 1. The number of carbonyl (C=O) groups is 2. The van der Waals surface area contributed by atoms with Crippen molar-refractivity contribution in [2.75, 3.05) is 6.61 Å². The van der Waals surface area contributed by atoms with Crippen LogP contribution < -0.4 is 4.74 Å². The third-order valence-electron chi connectivity index (χ3n) is 2.23. The molecule has 0 atom stereocenters. The van der Waals surface area contributed by atoms with E-state index < -0.39 is 28.1 Å². The molecule has 2 N–H and O–H groups in total. The Hall–Kier alpha value is -2.90. The summed E-state index contributed by atoms with van der Waals surface area (Å²) in [4.78, 5) is 31.4. The molecule has 0 amide bonds. The van der Waals surface area contributed by atoms with E-state index in [4.69, 9.17) is 9.84 Å². The van der Waals surface area contributed by atoms with Gasteiger partial charge in [-0.15, -0.1) is 0 Å². The van der Waals surface area contributed by atoms with Crippen LogP contribution in [0.1, 0.15) is 12.5 Å². The highest BCUT2D eigenvalue weighted by atomic mass is 16.6. The average Bonchev–Trinajstić information content (AvgIpc) is 2.38. The van der Waals surface area contributed by atoms with Crippen molar-refractivity contribution in [1.29, 1.82) is 0 Å². The quantitative estimate of drug-likeness (QED) is 0.266. The van der Waals surface area contributed by atoms with Crippen molar-refractivity contribution >= 4 is 23.2 Å². The average molecular weight is 281 g/mol. The van der Waals surface area contributed by atoms with Gasteiger partial charge in [0.05, 0.1) is 11.5 Å². The van der Waals surface area contributed by atoms with E-state index in [1.54, 1.807) is 6.92 Å². The normalized spacial score (nSPS) is 10.9. The van der Waals surface area contributed by atoms with E-state index in [2.05, 4.69) is 0 Å². The number of carbonyl (C=O) groups excluding carboxylic acids is 1. The van der Waals surface area contributed by atoms with Gasteiger partial charge in [-0.3, -0.25) is 14.9 Å². The number of aliphatic hydroxyl groups is 1. The Kier molecular flexibility index (Phi) is 4.79. The lowest BCUT2D eigenvalue weighted by molar-refractivity contribution is -0.385. The third-order valence-corrected chi connectivity index (χ3v) is 2.23. The molecule has 0 spiro atoms. The molecule has 0 radical (unpaired) electrons. The highest BCUT2D eigenvalue weighted by Crippen LogP contribution is 2.29. The number of hydrogen-bond donors (Lipinski definition) is 2. The number of carboxylic acid groups (broad SMARTS) is 1. The van der Waals surface area contributed by atoms with E-state index in [1.807, 2.05) is 0 Å². The van der Waals surface area contributed by atoms with Gasteiger partial charge >= 0.3 is 11.7 Å². The van der Waals surface area contributed by atoms with Crippen LogP contribution in [0.15, 0.2) is 24.3 Å². The van der Waals surface area contributed by atoms with Crippen LogP contribution in [0.5, 0.6) is 5.75 Å². The lowest BCUT2D eigenvalue weighted by Gasteiger charge is -2.06. The first kappa shape index (κ1) is 15.2. The number of nitro groups is 1. The largest absolute Gasteiger partial charge is 0.507 e. The van der Waals surface area contributed by atoms with Crippen LogP contribution in [0.25, 0.3) is 5.76 Å². The monoisotopic (exact) mass is 281 g/mol. The maximum atomic E-state index is 10.9. The Morgan fingerprint density at radius 3 is 2.55 bits per heavy atom. The van der Waals surface area contributed by atoms with Gasteiger partial charge in [0.2, 0.25) is 0 Å². The summed E-state index contributed by atoms with van der Waals surface area (Å²) in [5.41, 5.74) is -0.457. The van der Waals surface area contributed by atoms with Crippen LogP contribution in [0.4, 0.5) is 5.69 Å². The highest BCUT2D eigenvalue weighted by molar-refractivity contribution is 6.38. The second kappa shape index (κ2) is 6.32. The van der Waals surface area contributed by atoms with Gasteiger partial charge in [0, 0.05) is 17.7 Å². The predicted molar refractivity (Wildman–Crippen MR) is 67.5 cm³/mol. The fraction of sp³-hybridized carbons (Fsp3) is 0.167. The molecule has 0 saturated carbocycles. The van der Waals surface area contributed by atoms with E-state index in [0.29, 0.717) is 6.08 Å². The van der Waals surface area contributed by atoms with E-state index in [0.717, 1.165) is 6.07 Å². The Bertz CT molecular complexity index is 591. The van der Waals surface area contributed by atoms with Gasteiger partial charge < -0.3 is 14.9 Å². The van der Waals surface area contributed by atoms with E-state index in [-0.39, 0.29) is 17.9 Å². The van der Waals surface area contributed by atoms with Crippen LogP contribution in [-0.4, -0.2) is 33.5 Å². The second-order valence-corrected chi connectivity index (χ2v) is 3.57. The van der Waals surface area contributed by atoms with Gasteiger partial charge in [0.1, 0.15) is 5.76 Å². The van der Waals surface area contributed by atoms with Crippen LogP contribution in [0, 0.1) is 10.1 Å². The molecule has 1 rings (SSSR count). The van der Waals surface area contributed by atoms with Crippen molar-refractivity contribution in [3.05, 3.63) is 40.0 Å². The molecule has 1 aromatic carbocycles. The number of aliphatic hydroxyl groups excluding tert-OH is 1. The topological polar surface area (TPSA) is 127 Å². The Morgan fingerprint density at radius 1 is 1.40 bits per heavy atom. The SMILES string of the molecule is CCOc1ccc(/C(O)=C/C(=O)C(=O)O)cc1[N+](=O)[O-]. The maximum absolute atomic E-state index is 10.9. The van der Waals surface area contributed by atoms with Crippen LogP contribution in [-0.2, 0) is 9.59 Å². The summed E-state index contributed by atoms with van der Waals surface area (Å²) in [5, 5.41) is 28.8. The number of hydrogen-bond acceptors (Lipinski definition) is 6. The molecular weight excluding hydrogens is 270 g/mol. The van der Waals surface area contributed by atoms with Crippen molar-refractivity contribution in [2.24, 2.45) is 0 Å². The first-order valence-corrected chi connectivity index (χ1v) is 5.46. The minimum Gasteiger partial charge on any atom is -0.507 e. The summed E-state index contributed by atoms with van der Waals surface area (Å²) in [7, 11) is 0. The van der Waals surface area contributed by atoms with Crippen molar-refractivity contribution in [3.63, 3.8) is 0 Å². The summed E-state index contributed by atoms with van der Waals surface area (Å²) >= 11 is 0. The van der Waals surface area contributed by atoms with Crippen molar-refractivity contribution in [2.45, 2.75) is 6.92 Å². The minimum absolute atomic E-state index is 0.0126. The minimum atomic E-state index is -1.74. The van der Waals surface area contributed by atoms with Gasteiger partial charge in [-0.1, -0.05) is 0 Å². The van der Waals surface area contributed by atoms with Crippen molar-refractivity contribution in [3.8, 4) is 5.75 Å². The second-order valence-electron chi connectivity index (χ2n) is 3.57. The van der Waals surface area contributed by atoms with Crippen molar-refractivity contribution < 1.29 is 29.5 Å². The maximum Gasteiger partial charge on any atom is 0.376 e. The summed E-state index contributed by atoms with van der Waals surface area (Å²) < 4.78 is 5.05. The molecule has 8 heteroatoms. The lowest BCUT2D eigenvalue weighted by Crippen LogP contribution is -2.09. The molecule has 0 unspecified atom stereocenters. The van der Waals surface area contributed by atoms with Crippen LogP contribution >= 0.6 is 0 Å². The lowest BCUT2D eigenvalue weighted by atomic mass is 10.1. The van der Waals surface area contributed by atoms with Gasteiger partial charge in [-0.2, -0.15) is 0 Å². The fourth-order valence-electron chi connectivity index (χ4n) is 1.37.